The van der Waals surface area contributed by atoms with Gasteiger partial charge in [0.05, 0.1) is 17.8 Å². The van der Waals surface area contributed by atoms with Gasteiger partial charge in [-0.2, -0.15) is 0 Å². The van der Waals surface area contributed by atoms with Crippen LogP contribution in [0.1, 0.15) is 28.9 Å². The summed E-state index contributed by atoms with van der Waals surface area (Å²) in [5.41, 5.74) is 3.11. The molecule has 7 aromatic carbocycles. The highest BCUT2D eigenvalue weighted by molar-refractivity contribution is 6.15. The predicted octanol–water partition coefficient (Wildman–Crippen LogP) is 10.8. The standard InChI is InChI=1S/C39H26O/c1-3-12-26(13-4-1)28-22-23-36-35(24-28)39-29(16-11-21-37(39)40-36)25-34-30-17-7-9-19-32(30)38(27-14-5-2-6-15-27)33-20-10-8-18-31(33)34/h1-24H,25H2/i2D,5D,6D,7D,8D,9D,10D,14D,15D,17D,18D,19D,20D. The quantitative estimate of drug-likeness (QED) is 0.209. The fourth-order valence-electron chi connectivity index (χ4n) is 5.55. The first-order chi connectivity index (χ1) is 25.2. The van der Waals surface area contributed by atoms with Gasteiger partial charge in [-0.3, -0.25) is 0 Å². The Balaban J connectivity index is 1.57. The summed E-state index contributed by atoms with van der Waals surface area (Å²) in [6.07, 6.45) is -0.0838. The summed E-state index contributed by atoms with van der Waals surface area (Å²) in [4.78, 5) is 0. The van der Waals surface area contributed by atoms with Gasteiger partial charge in [0.15, 0.2) is 0 Å². The average molecular weight is 524 g/mol. The molecule has 0 aliphatic heterocycles. The molecule has 188 valence electrons. The molecule has 0 saturated heterocycles. The number of fused-ring (bicyclic) bond motifs is 5. The summed E-state index contributed by atoms with van der Waals surface area (Å²) in [7, 11) is 0. The maximum Gasteiger partial charge on any atom is 0.135 e. The maximum absolute atomic E-state index is 9.20. The highest BCUT2D eigenvalue weighted by Crippen LogP contribution is 2.41. The Morgan fingerprint density at radius 3 is 1.90 bits per heavy atom. The zero-order chi connectivity index (χ0) is 37.8. The molecule has 0 aliphatic carbocycles. The Kier molecular flexibility index (Phi) is 3.07. The van der Waals surface area contributed by atoms with Gasteiger partial charge in [-0.05, 0) is 79.5 Å². The smallest absolute Gasteiger partial charge is 0.135 e. The van der Waals surface area contributed by atoms with Gasteiger partial charge < -0.3 is 4.42 Å². The lowest BCUT2D eigenvalue weighted by atomic mass is 9.86. The van der Waals surface area contributed by atoms with Crippen LogP contribution in [-0.4, -0.2) is 0 Å². The lowest BCUT2D eigenvalue weighted by Crippen LogP contribution is -1.96. The van der Waals surface area contributed by atoms with Crippen LogP contribution in [0.3, 0.4) is 0 Å². The Bertz CT molecular complexity index is 2790. The van der Waals surface area contributed by atoms with Gasteiger partial charge in [0.2, 0.25) is 0 Å². The van der Waals surface area contributed by atoms with E-state index < -0.39 is 84.1 Å². The second-order valence-electron chi connectivity index (χ2n) is 9.50. The van der Waals surface area contributed by atoms with Crippen LogP contribution >= 0.6 is 0 Å². The fraction of sp³-hybridized carbons (Fsp3) is 0.0256. The van der Waals surface area contributed by atoms with Crippen molar-refractivity contribution in [3.05, 3.63) is 156 Å². The summed E-state index contributed by atoms with van der Waals surface area (Å²) < 4.78 is 120. The molecule has 0 aliphatic rings. The lowest BCUT2D eigenvalue weighted by Gasteiger charge is -2.17. The van der Waals surface area contributed by atoms with Crippen LogP contribution in [0.4, 0.5) is 0 Å². The van der Waals surface area contributed by atoms with Crippen molar-refractivity contribution in [2.24, 2.45) is 0 Å². The third kappa shape index (κ3) is 3.63. The van der Waals surface area contributed by atoms with Crippen molar-refractivity contribution in [2.75, 3.05) is 0 Å². The first kappa shape index (κ1) is 13.3. The van der Waals surface area contributed by atoms with E-state index >= 15 is 0 Å². The SMILES string of the molecule is [2H]c1c([2H])c([2H])c(-c2c3c([2H])c([2H])c([2H])c([2H])c3c(Cc3cccc4oc5ccc(-c6ccccc6)cc5c34)c3c([2H])c([2H])c([2H])c([2H])c23)c([2H])c1[2H]. The second-order valence-corrected chi connectivity index (χ2v) is 9.50. The first-order valence-corrected chi connectivity index (χ1v) is 12.8. The van der Waals surface area contributed by atoms with Crippen LogP contribution in [-0.2, 0) is 6.42 Å². The van der Waals surface area contributed by atoms with E-state index in [2.05, 4.69) is 0 Å². The summed E-state index contributed by atoms with van der Waals surface area (Å²) in [5.74, 6) is 0. The van der Waals surface area contributed by atoms with Crippen molar-refractivity contribution < 1.29 is 22.2 Å². The summed E-state index contributed by atoms with van der Waals surface area (Å²) in [6.45, 7) is 0. The van der Waals surface area contributed by atoms with Crippen LogP contribution < -0.4 is 0 Å². The highest BCUT2D eigenvalue weighted by Gasteiger charge is 2.18. The molecule has 0 amide bonds. The van der Waals surface area contributed by atoms with Crippen LogP contribution in [0.2, 0.25) is 0 Å². The monoisotopic (exact) mass is 523 g/mol. The zero-order valence-corrected chi connectivity index (χ0v) is 21.0. The molecule has 8 rings (SSSR count). The minimum atomic E-state index is -0.707. The van der Waals surface area contributed by atoms with E-state index in [4.69, 9.17) is 19.5 Å². The van der Waals surface area contributed by atoms with Crippen molar-refractivity contribution >= 4 is 43.5 Å². The van der Waals surface area contributed by atoms with Crippen molar-refractivity contribution in [3.8, 4) is 22.3 Å². The third-order valence-corrected chi connectivity index (χ3v) is 7.28. The number of hydrogen-bond acceptors (Lipinski definition) is 1. The van der Waals surface area contributed by atoms with Gasteiger partial charge in [-0.1, -0.05) is 127 Å². The molecule has 8 aromatic rings. The summed E-state index contributed by atoms with van der Waals surface area (Å²) >= 11 is 0. The molecule has 40 heavy (non-hydrogen) atoms. The van der Waals surface area contributed by atoms with E-state index in [1.807, 2.05) is 54.6 Å². The molecule has 1 aromatic heterocycles. The Morgan fingerprint density at radius 2 is 1.18 bits per heavy atom. The van der Waals surface area contributed by atoms with Crippen molar-refractivity contribution in [2.45, 2.75) is 6.42 Å². The molecule has 0 saturated carbocycles. The summed E-state index contributed by atoms with van der Waals surface area (Å²) in [6, 6.07) is 12.8. The van der Waals surface area contributed by atoms with Gasteiger partial charge in [0, 0.05) is 10.8 Å². The fourth-order valence-corrected chi connectivity index (χ4v) is 5.55. The van der Waals surface area contributed by atoms with Gasteiger partial charge >= 0.3 is 0 Å². The number of rotatable bonds is 4. The zero-order valence-electron chi connectivity index (χ0n) is 34.0. The van der Waals surface area contributed by atoms with Gasteiger partial charge in [0.25, 0.3) is 0 Å². The molecule has 0 atom stereocenters. The topological polar surface area (TPSA) is 13.1 Å². The molecule has 1 heteroatoms. The van der Waals surface area contributed by atoms with Gasteiger partial charge in [-0.15, -0.1) is 0 Å². The molecule has 0 radical (unpaired) electrons. The Morgan fingerprint density at radius 1 is 0.500 bits per heavy atom. The largest absolute Gasteiger partial charge is 0.456 e. The minimum Gasteiger partial charge on any atom is -0.456 e. The number of hydrogen-bond donors (Lipinski definition) is 0. The molecule has 1 heterocycles. The molecule has 1 nitrogen and oxygen atoms in total. The predicted molar refractivity (Wildman–Crippen MR) is 169 cm³/mol. The van der Waals surface area contributed by atoms with Crippen LogP contribution in [0.5, 0.6) is 0 Å². The minimum absolute atomic E-state index is 0.0838. The van der Waals surface area contributed by atoms with E-state index in [1.54, 1.807) is 12.1 Å². The van der Waals surface area contributed by atoms with Crippen LogP contribution in [0, 0.1) is 0 Å². The van der Waals surface area contributed by atoms with Gasteiger partial charge in [0.1, 0.15) is 11.2 Å². The third-order valence-electron chi connectivity index (χ3n) is 7.28. The van der Waals surface area contributed by atoms with E-state index in [-0.39, 0.29) is 39.1 Å². The van der Waals surface area contributed by atoms with E-state index in [0.717, 1.165) is 16.5 Å². The van der Waals surface area contributed by atoms with Crippen molar-refractivity contribution in [3.63, 3.8) is 0 Å². The van der Waals surface area contributed by atoms with E-state index in [1.165, 1.54) is 0 Å². The highest BCUT2D eigenvalue weighted by atomic mass is 16.3. The molecular weight excluding hydrogens is 484 g/mol. The molecular formula is C39H26O. The van der Waals surface area contributed by atoms with Crippen LogP contribution in [0.15, 0.2) is 150 Å². The van der Waals surface area contributed by atoms with Gasteiger partial charge in [-0.25, -0.2) is 0 Å². The number of furan rings is 1. The van der Waals surface area contributed by atoms with Crippen LogP contribution in [0.25, 0.3) is 65.7 Å². The Labute approximate surface area is 251 Å². The normalized spacial score (nSPS) is 16.1. The summed E-state index contributed by atoms with van der Waals surface area (Å²) in [5, 5.41) is 0.841. The second kappa shape index (κ2) is 9.25. The molecule has 0 fully saturated rings. The lowest BCUT2D eigenvalue weighted by molar-refractivity contribution is 0.669. The average Bonchev–Trinajstić information content (AvgIpc) is 3.55. The van der Waals surface area contributed by atoms with Crippen molar-refractivity contribution in [1.29, 1.82) is 0 Å². The molecule has 0 N–H and O–H groups in total. The molecule has 0 spiro atoms. The Hall–Kier alpha value is -5.14. The molecule has 0 unspecified atom stereocenters. The first-order valence-electron chi connectivity index (χ1n) is 19.3. The van der Waals surface area contributed by atoms with E-state index in [9.17, 15) is 2.74 Å². The van der Waals surface area contributed by atoms with E-state index in [0.29, 0.717) is 22.1 Å². The number of benzene rings is 7. The molecule has 0 bridgehead atoms. The maximum atomic E-state index is 9.20. The van der Waals surface area contributed by atoms with Crippen molar-refractivity contribution in [1.82, 2.24) is 0 Å².